The van der Waals surface area contributed by atoms with Gasteiger partial charge in [-0.05, 0) is 30.2 Å². The lowest BCUT2D eigenvalue weighted by Crippen LogP contribution is -2.51. The molecular formula is C15H17N3O4S. The van der Waals surface area contributed by atoms with E-state index in [1.807, 2.05) is 6.92 Å². The Labute approximate surface area is 136 Å². The van der Waals surface area contributed by atoms with Gasteiger partial charge in [-0.15, -0.1) is 11.3 Å². The number of carbonyl (C=O) groups excluding carboxylic acids is 1. The summed E-state index contributed by atoms with van der Waals surface area (Å²) in [5.74, 6) is -1.09. The normalized spacial score (nSPS) is 21.5. The molecule has 7 nitrogen and oxygen atoms in total. The molecule has 1 fully saturated rings. The molecule has 2 unspecified atom stereocenters. The summed E-state index contributed by atoms with van der Waals surface area (Å²) < 4.78 is 1.24. The summed E-state index contributed by atoms with van der Waals surface area (Å²) >= 11 is 1.36. The van der Waals surface area contributed by atoms with Crippen LogP contribution in [0.3, 0.4) is 0 Å². The first kappa shape index (κ1) is 15.7. The molecule has 0 radical (unpaired) electrons. The number of thiophene rings is 1. The standard InChI is InChI=1S/C15H17N3O4S/c1-9-2-4-18(11(6-9)15(21)22)12(19)7-17-8-16-13-10(14(17)20)3-5-23-13/h3,5,8-9,11H,2,4,6-7H2,1H3,(H,21,22). The Morgan fingerprint density at radius 3 is 3.00 bits per heavy atom. The summed E-state index contributed by atoms with van der Waals surface area (Å²) in [7, 11) is 0. The molecular weight excluding hydrogens is 318 g/mol. The highest BCUT2D eigenvalue weighted by molar-refractivity contribution is 7.16. The third-order valence-corrected chi connectivity index (χ3v) is 5.05. The fourth-order valence-electron chi connectivity index (χ4n) is 2.92. The first-order valence-electron chi connectivity index (χ1n) is 7.42. The SMILES string of the molecule is CC1CCN(C(=O)Cn2cnc3sccc3c2=O)C(C(=O)O)C1. The fraction of sp³-hybridized carbons (Fsp3) is 0.467. The quantitative estimate of drug-likeness (QED) is 0.909. The largest absolute Gasteiger partial charge is 0.480 e. The average Bonchev–Trinajstić information content (AvgIpc) is 2.99. The number of amides is 1. The predicted molar refractivity (Wildman–Crippen MR) is 85.4 cm³/mol. The number of hydrogen-bond donors (Lipinski definition) is 1. The van der Waals surface area contributed by atoms with Crippen molar-refractivity contribution < 1.29 is 14.7 Å². The van der Waals surface area contributed by atoms with E-state index in [1.54, 1.807) is 11.4 Å². The van der Waals surface area contributed by atoms with Crippen LogP contribution in [0, 0.1) is 5.92 Å². The summed E-state index contributed by atoms with van der Waals surface area (Å²) in [6.07, 6.45) is 2.56. The van der Waals surface area contributed by atoms with Crippen molar-refractivity contribution in [2.75, 3.05) is 6.54 Å². The number of piperidine rings is 1. The maximum absolute atomic E-state index is 12.5. The highest BCUT2D eigenvalue weighted by Crippen LogP contribution is 2.23. The fourth-order valence-corrected chi connectivity index (χ4v) is 3.64. The Balaban J connectivity index is 1.83. The van der Waals surface area contributed by atoms with Crippen molar-refractivity contribution in [1.29, 1.82) is 0 Å². The number of rotatable bonds is 3. The lowest BCUT2D eigenvalue weighted by Gasteiger charge is -2.36. The number of hydrogen-bond acceptors (Lipinski definition) is 5. The van der Waals surface area contributed by atoms with Crippen LogP contribution in [0.1, 0.15) is 19.8 Å². The van der Waals surface area contributed by atoms with E-state index in [4.69, 9.17) is 0 Å². The smallest absolute Gasteiger partial charge is 0.326 e. The van der Waals surface area contributed by atoms with Crippen LogP contribution in [-0.2, 0) is 16.1 Å². The van der Waals surface area contributed by atoms with E-state index in [-0.39, 0.29) is 23.9 Å². The van der Waals surface area contributed by atoms with Crippen LogP contribution in [-0.4, -0.2) is 44.0 Å². The van der Waals surface area contributed by atoms with E-state index in [1.165, 1.54) is 27.1 Å². The van der Waals surface area contributed by atoms with Gasteiger partial charge in [0.2, 0.25) is 5.91 Å². The van der Waals surface area contributed by atoms with Gasteiger partial charge in [-0.1, -0.05) is 6.92 Å². The molecule has 1 N–H and O–H groups in total. The molecule has 0 bridgehead atoms. The summed E-state index contributed by atoms with van der Waals surface area (Å²) in [6.45, 7) is 2.20. The van der Waals surface area contributed by atoms with Gasteiger partial charge in [0.1, 0.15) is 17.4 Å². The van der Waals surface area contributed by atoms with Crippen LogP contribution in [0.4, 0.5) is 0 Å². The number of nitrogens with zero attached hydrogens (tertiary/aromatic N) is 3. The summed E-state index contributed by atoms with van der Waals surface area (Å²) in [6, 6.07) is 0.860. The summed E-state index contributed by atoms with van der Waals surface area (Å²) in [5.41, 5.74) is -0.276. The maximum atomic E-state index is 12.5. The molecule has 0 aliphatic carbocycles. The Morgan fingerprint density at radius 2 is 2.26 bits per heavy atom. The lowest BCUT2D eigenvalue weighted by molar-refractivity contribution is -0.153. The molecule has 8 heteroatoms. The lowest BCUT2D eigenvalue weighted by atomic mass is 9.92. The van der Waals surface area contributed by atoms with Crippen LogP contribution >= 0.6 is 11.3 Å². The number of likely N-dealkylation sites (tertiary alicyclic amines) is 1. The number of aromatic nitrogens is 2. The molecule has 2 atom stereocenters. The van der Waals surface area contributed by atoms with Crippen molar-refractivity contribution in [2.24, 2.45) is 5.92 Å². The predicted octanol–water partition coefficient (Wildman–Crippen LogP) is 1.17. The van der Waals surface area contributed by atoms with Crippen LogP contribution in [0.2, 0.25) is 0 Å². The molecule has 0 aromatic carbocycles. The van der Waals surface area contributed by atoms with Crippen molar-refractivity contribution in [3.8, 4) is 0 Å². The van der Waals surface area contributed by atoms with Gasteiger partial charge in [-0.2, -0.15) is 0 Å². The minimum Gasteiger partial charge on any atom is -0.480 e. The average molecular weight is 335 g/mol. The second-order valence-corrected chi connectivity index (χ2v) is 6.78. The Kier molecular flexibility index (Phi) is 4.16. The van der Waals surface area contributed by atoms with Crippen LogP contribution in [0.15, 0.2) is 22.6 Å². The van der Waals surface area contributed by atoms with E-state index in [0.717, 1.165) is 6.42 Å². The van der Waals surface area contributed by atoms with Gasteiger partial charge in [0.05, 0.1) is 11.7 Å². The van der Waals surface area contributed by atoms with Gasteiger partial charge in [0, 0.05) is 6.54 Å². The van der Waals surface area contributed by atoms with Gasteiger partial charge >= 0.3 is 5.97 Å². The van der Waals surface area contributed by atoms with Gasteiger partial charge < -0.3 is 10.0 Å². The third kappa shape index (κ3) is 2.98. The Hall–Kier alpha value is -2.22. The molecule has 1 aliphatic heterocycles. The summed E-state index contributed by atoms with van der Waals surface area (Å²) in [5, 5.41) is 11.6. The zero-order valence-electron chi connectivity index (χ0n) is 12.6. The highest BCUT2D eigenvalue weighted by atomic mass is 32.1. The van der Waals surface area contributed by atoms with Crippen LogP contribution < -0.4 is 5.56 Å². The molecule has 0 saturated carbocycles. The van der Waals surface area contributed by atoms with Crippen molar-refractivity contribution in [3.05, 3.63) is 28.1 Å². The molecule has 3 heterocycles. The molecule has 3 rings (SSSR count). The van der Waals surface area contributed by atoms with Gasteiger partial charge in [-0.25, -0.2) is 9.78 Å². The number of aliphatic carboxylic acids is 1. The number of carboxylic acids is 1. The third-order valence-electron chi connectivity index (χ3n) is 4.23. The maximum Gasteiger partial charge on any atom is 0.326 e. The van der Waals surface area contributed by atoms with Crippen LogP contribution in [0.25, 0.3) is 10.2 Å². The summed E-state index contributed by atoms with van der Waals surface area (Å²) in [4.78, 5) is 42.4. The molecule has 23 heavy (non-hydrogen) atoms. The second kappa shape index (κ2) is 6.11. The molecule has 2 aromatic rings. The van der Waals surface area contributed by atoms with Crippen molar-refractivity contribution in [2.45, 2.75) is 32.4 Å². The van der Waals surface area contributed by atoms with E-state index in [9.17, 15) is 19.5 Å². The van der Waals surface area contributed by atoms with Crippen LogP contribution in [0.5, 0.6) is 0 Å². The molecule has 1 amide bonds. The molecule has 2 aromatic heterocycles. The first-order chi connectivity index (χ1) is 11.0. The van der Waals surface area contributed by atoms with E-state index in [0.29, 0.717) is 23.2 Å². The monoisotopic (exact) mass is 335 g/mol. The molecule has 1 saturated heterocycles. The zero-order valence-corrected chi connectivity index (χ0v) is 13.5. The second-order valence-electron chi connectivity index (χ2n) is 5.89. The zero-order chi connectivity index (χ0) is 16.6. The molecule has 1 aliphatic rings. The van der Waals surface area contributed by atoms with E-state index in [2.05, 4.69) is 4.98 Å². The minimum atomic E-state index is -0.997. The van der Waals surface area contributed by atoms with Crippen molar-refractivity contribution in [1.82, 2.24) is 14.5 Å². The number of carbonyl (C=O) groups is 2. The minimum absolute atomic E-state index is 0.185. The van der Waals surface area contributed by atoms with Gasteiger partial charge in [0.25, 0.3) is 5.56 Å². The van der Waals surface area contributed by atoms with Crippen molar-refractivity contribution >= 4 is 33.4 Å². The Morgan fingerprint density at radius 1 is 1.48 bits per heavy atom. The first-order valence-corrected chi connectivity index (χ1v) is 8.30. The number of fused-ring (bicyclic) bond motifs is 1. The van der Waals surface area contributed by atoms with E-state index >= 15 is 0 Å². The topological polar surface area (TPSA) is 92.5 Å². The Bertz CT molecular complexity index is 812. The molecule has 122 valence electrons. The van der Waals surface area contributed by atoms with E-state index < -0.39 is 12.0 Å². The number of carboxylic acid groups (broad SMARTS) is 1. The molecule has 0 spiro atoms. The van der Waals surface area contributed by atoms with Gasteiger partial charge in [0.15, 0.2) is 0 Å². The van der Waals surface area contributed by atoms with Crippen molar-refractivity contribution in [3.63, 3.8) is 0 Å². The highest BCUT2D eigenvalue weighted by Gasteiger charge is 2.34. The van der Waals surface area contributed by atoms with Gasteiger partial charge in [-0.3, -0.25) is 14.2 Å².